The summed E-state index contributed by atoms with van der Waals surface area (Å²) in [7, 11) is -1.95. The molecule has 5 nitrogen and oxygen atoms in total. The molecule has 0 aliphatic carbocycles. The van der Waals surface area contributed by atoms with E-state index in [-0.39, 0.29) is 10.5 Å². The number of benzene rings is 2. The number of nitrogens with zero attached hydrogens (tertiary/aromatic N) is 1. The largest absolute Gasteiger partial charge is 0.311 e. The Kier molecular flexibility index (Phi) is 3.69. The number of nitrogens with one attached hydrogen (secondary N) is 1. The Labute approximate surface area is 134 Å². The SMILES string of the molecule is Cc1ccc(S(=O)(=O)Nc2ccc3c(ccc(=O)n3C)c2)cc1. The number of hydrogen-bond donors (Lipinski definition) is 1. The zero-order valence-corrected chi connectivity index (χ0v) is 13.6. The lowest BCUT2D eigenvalue weighted by molar-refractivity contribution is 0.601. The molecule has 6 heteroatoms. The van der Waals surface area contributed by atoms with Gasteiger partial charge in [0.25, 0.3) is 15.6 Å². The van der Waals surface area contributed by atoms with Crippen molar-refractivity contribution in [2.45, 2.75) is 11.8 Å². The minimum atomic E-state index is -3.64. The van der Waals surface area contributed by atoms with E-state index in [2.05, 4.69) is 4.72 Å². The summed E-state index contributed by atoms with van der Waals surface area (Å²) in [6.45, 7) is 1.90. The van der Waals surface area contributed by atoms with E-state index in [0.717, 1.165) is 16.5 Å². The zero-order chi connectivity index (χ0) is 16.6. The second-order valence-electron chi connectivity index (χ2n) is 5.42. The van der Waals surface area contributed by atoms with Crippen molar-refractivity contribution in [1.82, 2.24) is 4.57 Å². The van der Waals surface area contributed by atoms with E-state index < -0.39 is 10.0 Å². The third-order valence-corrected chi connectivity index (χ3v) is 5.11. The van der Waals surface area contributed by atoms with Crippen LogP contribution >= 0.6 is 0 Å². The van der Waals surface area contributed by atoms with Gasteiger partial charge in [0.15, 0.2) is 0 Å². The molecular weight excluding hydrogens is 312 g/mol. The van der Waals surface area contributed by atoms with E-state index in [0.29, 0.717) is 5.69 Å². The van der Waals surface area contributed by atoms with Gasteiger partial charge in [0, 0.05) is 24.2 Å². The number of pyridine rings is 1. The van der Waals surface area contributed by atoms with Gasteiger partial charge >= 0.3 is 0 Å². The van der Waals surface area contributed by atoms with Crippen molar-refractivity contribution in [3.63, 3.8) is 0 Å². The fraction of sp³-hybridized carbons (Fsp3) is 0.118. The van der Waals surface area contributed by atoms with Gasteiger partial charge in [0.05, 0.1) is 10.4 Å². The van der Waals surface area contributed by atoms with Crippen LogP contribution in [0.3, 0.4) is 0 Å². The second kappa shape index (κ2) is 5.55. The fourth-order valence-electron chi connectivity index (χ4n) is 2.38. The molecule has 1 heterocycles. The van der Waals surface area contributed by atoms with E-state index in [1.807, 2.05) is 6.92 Å². The van der Waals surface area contributed by atoms with Gasteiger partial charge in [-0.3, -0.25) is 9.52 Å². The summed E-state index contributed by atoms with van der Waals surface area (Å²) >= 11 is 0. The van der Waals surface area contributed by atoms with Crippen LogP contribution in [0.4, 0.5) is 5.69 Å². The van der Waals surface area contributed by atoms with Crippen LogP contribution in [-0.2, 0) is 17.1 Å². The minimum Gasteiger partial charge on any atom is -0.311 e. The van der Waals surface area contributed by atoms with E-state index in [1.54, 1.807) is 55.6 Å². The lowest BCUT2D eigenvalue weighted by atomic mass is 10.2. The Morgan fingerprint density at radius 3 is 2.35 bits per heavy atom. The van der Waals surface area contributed by atoms with Crippen LogP contribution in [0.25, 0.3) is 10.9 Å². The van der Waals surface area contributed by atoms with E-state index in [9.17, 15) is 13.2 Å². The summed E-state index contributed by atoms with van der Waals surface area (Å²) in [5.74, 6) is 0. The van der Waals surface area contributed by atoms with Crippen molar-refractivity contribution >= 4 is 26.6 Å². The highest BCUT2D eigenvalue weighted by molar-refractivity contribution is 7.92. The average molecular weight is 328 g/mol. The smallest absolute Gasteiger partial charge is 0.261 e. The first-order valence-electron chi connectivity index (χ1n) is 7.06. The highest BCUT2D eigenvalue weighted by atomic mass is 32.2. The zero-order valence-electron chi connectivity index (χ0n) is 12.8. The first-order valence-corrected chi connectivity index (χ1v) is 8.54. The van der Waals surface area contributed by atoms with Gasteiger partial charge in [-0.2, -0.15) is 0 Å². The molecule has 1 N–H and O–H groups in total. The molecule has 1 aromatic heterocycles. The number of aryl methyl sites for hydroxylation is 2. The highest BCUT2D eigenvalue weighted by Crippen LogP contribution is 2.21. The van der Waals surface area contributed by atoms with Crippen LogP contribution in [0.1, 0.15) is 5.56 Å². The maximum atomic E-state index is 12.4. The van der Waals surface area contributed by atoms with Crippen LogP contribution < -0.4 is 10.3 Å². The quantitative estimate of drug-likeness (QED) is 0.803. The first kappa shape index (κ1) is 15.3. The molecule has 0 unspecified atom stereocenters. The van der Waals surface area contributed by atoms with Gasteiger partial charge in [-0.15, -0.1) is 0 Å². The second-order valence-corrected chi connectivity index (χ2v) is 7.11. The molecule has 0 spiro atoms. The summed E-state index contributed by atoms with van der Waals surface area (Å²) in [6.07, 6.45) is 0. The number of anilines is 1. The Morgan fingerprint density at radius 2 is 1.65 bits per heavy atom. The molecule has 3 aromatic rings. The van der Waals surface area contributed by atoms with E-state index >= 15 is 0 Å². The van der Waals surface area contributed by atoms with Crippen LogP contribution in [0.15, 0.2) is 64.3 Å². The normalized spacial score (nSPS) is 11.6. The molecule has 0 aliphatic heterocycles. The molecule has 0 aliphatic rings. The molecular formula is C17H16N2O3S. The summed E-state index contributed by atoms with van der Waals surface area (Å²) in [6, 6.07) is 14.9. The van der Waals surface area contributed by atoms with Crippen LogP contribution in [0.5, 0.6) is 0 Å². The molecule has 3 rings (SSSR count). The lowest BCUT2D eigenvalue weighted by Gasteiger charge is -2.10. The Balaban J connectivity index is 1.99. The van der Waals surface area contributed by atoms with Gasteiger partial charge in [0.1, 0.15) is 0 Å². The molecule has 23 heavy (non-hydrogen) atoms. The van der Waals surface area contributed by atoms with Gasteiger partial charge in [0.2, 0.25) is 0 Å². The van der Waals surface area contributed by atoms with Crippen molar-refractivity contribution in [3.05, 3.63) is 70.5 Å². The number of rotatable bonds is 3. The van der Waals surface area contributed by atoms with Gasteiger partial charge < -0.3 is 4.57 Å². The summed E-state index contributed by atoms with van der Waals surface area (Å²) < 4.78 is 28.9. The summed E-state index contributed by atoms with van der Waals surface area (Å²) in [5.41, 5.74) is 2.09. The molecule has 118 valence electrons. The van der Waals surface area contributed by atoms with Crippen molar-refractivity contribution in [2.24, 2.45) is 7.05 Å². The van der Waals surface area contributed by atoms with Crippen LogP contribution in [-0.4, -0.2) is 13.0 Å². The molecule has 0 fully saturated rings. The first-order chi connectivity index (χ1) is 10.9. The summed E-state index contributed by atoms with van der Waals surface area (Å²) in [5, 5.41) is 0.788. The van der Waals surface area contributed by atoms with E-state index in [1.165, 1.54) is 10.6 Å². The molecule has 0 saturated heterocycles. The Bertz CT molecular complexity index is 1040. The Hall–Kier alpha value is -2.60. The minimum absolute atomic E-state index is 0.106. The van der Waals surface area contributed by atoms with Gasteiger partial charge in [-0.1, -0.05) is 17.7 Å². The number of sulfonamides is 1. The molecule has 0 amide bonds. The van der Waals surface area contributed by atoms with Crippen LogP contribution in [0.2, 0.25) is 0 Å². The number of fused-ring (bicyclic) bond motifs is 1. The average Bonchev–Trinajstić information content (AvgIpc) is 2.51. The topological polar surface area (TPSA) is 68.2 Å². The lowest BCUT2D eigenvalue weighted by Crippen LogP contribution is -2.15. The van der Waals surface area contributed by atoms with Crippen molar-refractivity contribution in [2.75, 3.05) is 4.72 Å². The molecule has 0 atom stereocenters. The maximum Gasteiger partial charge on any atom is 0.261 e. The monoisotopic (exact) mass is 328 g/mol. The third-order valence-electron chi connectivity index (χ3n) is 3.71. The fourth-order valence-corrected chi connectivity index (χ4v) is 3.43. The number of hydrogen-bond acceptors (Lipinski definition) is 3. The van der Waals surface area contributed by atoms with Crippen molar-refractivity contribution < 1.29 is 8.42 Å². The van der Waals surface area contributed by atoms with Gasteiger partial charge in [-0.05, 0) is 43.3 Å². The molecule has 0 bridgehead atoms. The van der Waals surface area contributed by atoms with Crippen molar-refractivity contribution in [3.8, 4) is 0 Å². The van der Waals surface area contributed by atoms with Crippen molar-refractivity contribution in [1.29, 1.82) is 0 Å². The van der Waals surface area contributed by atoms with Crippen LogP contribution in [0, 0.1) is 6.92 Å². The molecule has 2 aromatic carbocycles. The molecule has 0 saturated carbocycles. The Morgan fingerprint density at radius 1 is 0.957 bits per heavy atom. The van der Waals surface area contributed by atoms with E-state index in [4.69, 9.17) is 0 Å². The predicted octanol–water partition coefficient (Wildman–Crippen LogP) is 2.65. The predicted molar refractivity (Wildman–Crippen MR) is 91.2 cm³/mol. The van der Waals surface area contributed by atoms with Gasteiger partial charge in [-0.25, -0.2) is 8.42 Å². The summed E-state index contributed by atoms with van der Waals surface area (Å²) in [4.78, 5) is 11.8. The third kappa shape index (κ3) is 2.98. The number of aromatic nitrogens is 1. The molecule has 0 radical (unpaired) electrons. The highest BCUT2D eigenvalue weighted by Gasteiger charge is 2.14. The standard InChI is InChI=1S/C17H16N2O3S/c1-12-3-7-15(8-4-12)23(21,22)18-14-6-9-16-13(11-14)5-10-17(20)19(16)2/h3-11,18H,1-2H3. The maximum absolute atomic E-state index is 12.4.